The molecule has 1 atom stereocenters. The van der Waals surface area contributed by atoms with Gasteiger partial charge in [-0.1, -0.05) is 30.3 Å². The molecule has 3 aromatic rings. The van der Waals surface area contributed by atoms with Crippen LogP contribution in [0.2, 0.25) is 0 Å². The van der Waals surface area contributed by atoms with Crippen molar-refractivity contribution in [3.63, 3.8) is 0 Å². The van der Waals surface area contributed by atoms with E-state index in [-0.39, 0.29) is 0 Å². The molecule has 1 aliphatic rings. The van der Waals surface area contributed by atoms with Crippen LogP contribution in [-0.4, -0.2) is 39.6 Å². The predicted octanol–water partition coefficient (Wildman–Crippen LogP) is 2.54. The third kappa shape index (κ3) is 5.24. The van der Waals surface area contributed by atoms with Crippen LogP contribution in [0.5, 0.6) is 0 Å². The number of amides is 1. The largest absolute Gasteiger partial charge is 0.473 e. The van der Waals surface area contributed by atoms with Gasteiger partial charge in [-0.05, 0) is 48.6 Å². The predicted molar refractivity (Wildman–Crippen MR) is 112 cm³/mol. The fourth-order valence-electron chi connectivity index (χ4n) is 3.61. The summed E-state index contributed by atoms with van der Waals surface area (Å²) in [5, 5.41) is 22.4. The molecule has 30 heavy (non-hydrogen) atoms. The molecule has 0 spiro atoms. The lowest BCUT2D eigenvalue weighted by molar-refractivity contribution is -0.159. The molecule has 1 amide bonds. The van der Waals surface area contributed by atoms with Crippen molar-refractivity contribution in [2.45, 2.75) is 31.8 Å². The Balaban J connectivity index is 0.000000377. The topological polar surface area (TPSA) is 132 Å². The molecule has 8 nitrogen and oxygen atoms in total. The van der Waals surface area contributed by atoms with Crippen molar-refractivity contribution in [2.24, 2.45) is 0 Å². The summed E-state index contributed by atoms with van der Waals surface area (Å²) in [5.74, 6) is -3.65. The maximum atomic E-state index is 10.7. The van der Waals surface area contributed by atoms with E-state index in [1.54, 1.807) is 0 Å². The van der Waals surface area contributed by atoms with E-state index < -0.39 is 11.9 Å². The van der Waals surface area contributed by atoms with Crippen molar-refractivity contribution >= 4 is 34.9 Å². The molecule has 156 valence electrons. The Hall–Kier alpha value is -3.65. The van der Waals surface area contributed by atoms with E-state index in [1.807, 2.05) is 18.2 Å². The summed E-state index contributed by atoms with van der Waals surface area (Å²) in [6.45, 7) is 0.904. The summed E-state index contributed by atoms with van der Waals surface area (Å²) in [6, 6.07) is 17.1. The number of carboxylic acid groups (broad SMARTS) is 2. The number of aliphatic carboxylic acids is 2. The number of H-pyrrole nitrogens is 1. The molecule has 1 heterocycles. The molecular formula is C22H23N3O5. The highest BCUT2D eigenvalue weighted by Gasteiger charge is 2.22. The van der Waals surface area contributed by atoms with Gasteiger partial charge in [-0.3, -0.25) is 4.79 Å². The van der Waals surface area contributed by atoms with Crippen LogP contribution in [0.25, 0.3) is 10.9 Å². The number of nitrogens with one attached hydrogen (secondary N) is 3. The second-order valence-corrected chi connectivity index (χ2v) is 7.02. The molecule has 0 bridgehead atoms. The van der Waals surface area contributed by atoms with Crippen LogP contribution in [0.4, 0.5) is 5.69 Å². The number of aromatic nitrogens is 1. The summed E-state index contributed by atoms with van der Waals surface area (Å²) < 4.78 is 0. The Kier molecular flexibility index (Phi) is 6.82. The van der Waals surface area contributed by atoms with Crippen LogP contribution in [-0.2, 0) is 33.8 Å². The highest BCUT2D eigenvalue weighted by molar-refractivity contribution is 6.27. The van der Waals surface area contributed by atoms with Gasteiger partial charge in [0.15, 0.2) is 0 Å². The molecule has 2 aromatic carbocycles. The number of carboxylic acids is 2. The summed E-state index contributed by atoms with van der Waals surface area (Å²) >= 11 is 0. The molecule has 1 unspecified atom stereocenters. The zero-order valence-corrected chi connectivity index (χ0v) is 16.2. The molecule has 1 aliphatic carbocycles. The third-order valence-corrected chi connectivity index (χ3v) is 5.03. The molecule has 0 saturated carbocycles. The van der Waals surface area contributed by atoms with Crippen LogP contribution >= 0.6 is 0 Å². The van der Waals surface area contributed by atoms with Crippen molar-refractivity contribution in [1.82, 2.24) is 10.3 Å². The molecule has 5 N–H and O–H groups in total. The molecule has 4 rings (SSSR count). The number of rotatable bonds is 5. The Bertz CT molecular complexity index is 1030. The first-order chi connectivity index (χ1) is 14.5. The van der Waals surface area contributed by atoms with Gasteiger partial charge >= 0.3 is 11.9 Å². The van der Waals surface area contributed by atoms with Crippen LogP contribution in [0.3, 0.4) is 0 Å². The third-order valence-electron chi connectivity index (χ3n) is 5.03. The van der Waals surface area contributed by atoms with E-state index in [0.717, 1.165) is 43.4 Å². The number of carbonyl (C=O) groups is 3. The van der Waals surface area contributed by atoms with E-state index >= 15 is 0 Å². The standard InChI is InChI=1S/C20H21N3O.C2H2O4/c24-13-22-16-7-9-20-18(11-16)17-10-15(6-8-19(17)23-20)21-12-14-4-2-1-3-5-14;3-1(4)2(5)6/h1-5,7,9,11,13,15,21,23H,6,8,10,12H2,(H,22,24);(H,3,4)(H,5,6). The summed E-state index contributed by atoms with van der Waals surface area (Å²) in [7, 11) is 0. The monoisotopic (exact) mass is 409 g/mol. The minimum Gasteiger partial charge on any atom is -0.473 e. The van der Waals surface area contributed by atoms with Gasteiger partial charge in [0, 0.05) is 34.9 Å². The first-order valence-electron chi connectivity index (χ1n) is 9.55. The van der Waals surface area contributed by atoms with E-state index in [0.29, 0.717) is 6.04 Å². The molecule has 0 aliphatic heterocycles. The lowest BCUT2D eigenvalue weighted by Gasteiger charge is -2.24. The summed E-state index contributed by atoms with van der Waals surface area (Å²) in [6.07, 6.45) is 3.95. The number of aromatic amines is 1. The number of hydrogen-bond donors (Lipinski definition) is 5. The fourth-order valence-corrected chi connectivity index (χ4v) is 3.61. The Morgan fingerprint density at radius 1 is 1.10 bits per heavy atom. The van der Waals surface area contributed by atoms with Gasteiger partial charge < -0.3 is 25.8 Å². The fraction of sp³-hybridized carbons (Fsp3) is 0.227. The second-order valence-electron chi connectivity index (χ2n) is 7.02. The van der Waals surface area contributed by atoms with Gasteiger partial charge in [0.05, 0.1) is 0 Å². The highest BCUT2D eigenvalue weighted by Crippen LogP contribution is 2.31. The highest BCUT2D eigenvalue weighted by atomic mass is 16.4. The SMILES string of the molecule is O=C(O)C(=O)O.O=CNc1ccc2[nH]c3c(c2c1)CC(NCc1ccccc1)CC3. The normalized spacial score (nSPS) is 14.9. The van der Waals surface area contributed by atoms with E-state index in [1.165, 1.54) is 22.2 Å². The zero-order valence-electron chi connectivity index (χ0n) is 16.2. The van der Waals surface area contributed by atoms with Gasteiger partial charge in [0.25, 0.3) is 0 Å². The summed E-state index contributed by atoms with van der Waals surface area (Å²) in [4.78, 5) is 32.4. The first kappa shape index (κ1) is 21.1. The number of hydrogen-bond acceptors (Lipinski definition) is 4. The second kappa shape index (κ2) is 9.71. The van der Waals surface area contributed by atoms with Gasteiger partial charge in [0.2, 0.25) is 6.41 Å². The Morgan fingerprint density at radius 2 is 1.83 bits per heavy atom. The lowest BCUT2D eigenvalue weighted by Crippen LogP contribution is -2.33. The van der Waals surface area contributed by atoms with Gasteiger partial charge in [-0.2, -0.15) is 0 Å². The minimum atomic E-state index is -1.82. The van der Waals surface area contributed by atoms with E-state index in [4.69, 9.17) is 19.8 Å². The number of aryl methyl sites for hydroxylation is 1. The first-order valence-corrected chi connectivity index (χ1v) is 9.55. The molecule has 1 aromatic heterocycles. The maximum Gasteiger partial charge on any atom is 0.414 e. The lowest BCUT2D eigenvalue weighted by atomic mass is 9.91. The van der Waals surface area contributed by atoms with Crippen LogP contribution < -0.4 is 10.6 Å². The van der Waals surface area contributed by atoms with Crippen molar-refractivity contribution in [1.29, 1.82) is 0 Å². The van der Waals surface area contributed by atoms with Gasteiger partial charge in [0.1, 0.15) is 0 Å². The van der Waals surface area contributed by atoms with Crippen molar-refractivity contribution in [3.8, 4) is 0 Å². The van der Waals surface area contributed by atoms with Gasteiger partial charge in [-0.25, -0.2) is 9.59 Å². The minimum absolute atomic E-state index is 0.486. The maximum absolute atomic E-state index is 10.7. The molecule has 0 radical (unpaired) electrons. The van der Waals surface area contributed by atoms with E-state index in [2.05, 4.69) is 45.9 Å². The Morgan fingerprint density at radius 3 is 2.50 bits per heavy atom. The number of carbonyl (C=O) groups excluding carboxylic acids is 1. The van der Waals surface area contributed by atoms with Crippen molar-refractivity contribution in [2.75, 3.05) is 5.32 Å². The molecule has 8 heteroatoms. The van der Waals surface area contributed by atoms with Crippen LogP contribution in [0, 0.1) is 0 Å². The number of anilines is 1. The van der Waals surface area contributed by atoms with Crippen LogP contribution in [0.1, 0.15) is 23.2 Å². The smallest absolute Gasteiger partial charge is 0.414 e. The zero-order chi connectivity index (χ0) is 21.5. The molecule has 0 saturated heterocycles. The molecule has 0 fully saturated rings. The average Bonchev–Trinajstić information content (AvgIpc) is 3.11. The quantitative estimate of drug-likeness (QED) is 0.325. The molecular weight excluding hydrogens is 386 g/mol. The van der Waals surface area contributed by atoms with Gasteiger partial charge in [-0.15, -0.1) is 0 Å². The van der Waals surface area contributed by atoms with E-state index in [9.17, 15) is 4.79 Å². The van der Waals surface area contributed by atoms with Crippen molar-refractivity contribution < 1.29 is 24.6 Å². The summed E-state index contributed by atoms with van der Waals surface area (Å²) in [5.41, 5.74) is 6.04. The number of benzene rings is 2. The van der Waals surface area contributed by atoms with Crippen molar-refractivity contribution in [3.05, 3.63) is 65.4 Å². The Labute approximate surface area is 172 Å². The van der Waals surface area contributed by atoms with Crippen LogP contribution in [0.15, 0.2) is 48.5 Å². The average molecular weight is 409 g/mol. The number of fused-ring (bicyclic) bond motifs is 3.